The highest BCUT2D eigenvalue weighted by Crippen LogP contribution is 2.27. The second-order valence-corrected chi connectivity index (χ2v) is 4.77. The van der Waals surface area contributed by atoms with E-state index in [-0.39, 0.29) is 0 Å². The van der Waals surface area contributed by atoms with Crippen LogP contribution in [0.15, 0.2) is 36.5 Å². The normalized spacial score (nSPS) is 11.8. The topological polar surface area (TPSA) is 29.9 Å². The fraction of sp³-hybridized carbons (Fsp3) is 0.400. The summed E-state index contributed by atoms with van der Waals surface area (Å²) >= 11 is 0. The first-order valence-corrected chi connectivity index (χ1v) is 6.89. The number of hydrogen-bond donors (Lipinski definition) is 1. The van der Waals surface area contributed by atoms with E-state index in [0.29, 0.717) is 6.54 Å². The van der Waals surface area contributed by atoms with Crippen LogP contribution in [-0.2, 0) is 19.1 Å². The van der Waals surface area contributed by atoms with Gasteiger partial charge in [0.2, 0.25) is 0 Å². The van der Waals surface area contributed by atoms with Crippen molar-refractivity contribution in [3.63, 3.8) is 0 Å². The second kappa shape index (κ2) is 6.76. The molecule has 2 aromatic rings. The predicted molar refractivity (Wildman–Crippen MR) is 75.0 cm³/mol. The minimum absolute atomic E-state index is 0.346. The number of benzene rings is 1. The molecule has 2 rings (SSSR count). The molecule has 0 unspecified atom stereocenters. The van der Waals surface area contributed by atoms with Crippen molar-refractivity contribution < 1.29 is 13.2 Å². The summed E-state index contributed by atoms with van der Waals surface area (Å²) in [5.41, 5.74) is 1.27. The molecule has 0 amide bonds. The number of halogens is 3. The van der Waals surface area contributed by atoms with Crippen molar-refractivity contribution in [2.45, 2.75) is 26.1 Å². The van der Waals surface area contributed by atoms with Crippen LogP contribution < -0.4 is 5.32 Å². The van der Waals surface area contributed by atoms with Crippen LogP contribution in [0.5, 0.6) is 0 Å². The molecule has 1 aromatic carbocycles. The molecule has 0 saturated carbocycles. The Morgan fingerprint density at radius 1 is 1.14 bits per heavy atom. The fourth-order valence-electron chi connectivity index (χ4n) is 2.13. The number of nitrogens with one attached hydrogen (secondary N) is 1. The average molecular weight is 297 g/mol. The Kier molecular flexibility index (Phi) is 5.01. The van der Waals surface area contributed by atoms with Crippen LogP contribution in [0.2, 0.25) is 0 Å². The molecule has 0 radical (unpaired) electrons. The van der Waals surface area contributed by atoms with Crippen LogP contribution in [0.4, 0.5) is 13.2 Å². The van der Waals surface area contributed by atoms with Gasteiger partial charge in [-0.1, -0.05) is 31.2 Å². The van der Waals surface area contributed by atoms with Crippen LogP contribution in [0, 0.1) is 0 Å². The molecular weight excluding hydrogens is 279 g/mol. The Bertz CT molecular complexity index is 576. The van der Waals surface area contributed by atoms with E-state index in [1.165, 1.54) is 10.9 Å². The van der Waals surface area contributed by atoms with E-state index in [2.05, 4.69) is 10.4 Å². The maximum atomic E-state index is 12.5. The summed E-state index contributed by atoms with van der Waals surface area (Å²) in [7, 11) is 0. The van der Waals surface area contributed by atoms with Gasteiger partial charge in [-0.25, -0.2) is 0 Å². The Morgan fingerprint density at radius 3 is 2.48 bits per heavy atom. The summed E-state index contributed by atoms with van der Waals surface area (Å²) < 4.78 is 39.0. The summed E-state index contributed by atoms with van der Waals surface area (Å²) in [6.07, 6.45) is -2.18. The van der Waals surface area contributed by atoms with Crippen LogP contribution >= 0.6 is 0 Å². The Balaban J connectivity index is 2.10. The number of rotatable bonds is 6. The lowest BCUT2D eigenvalue weighted by Gasteiger charge is -2.10. The lowest BCUT2D eigenvalue weighted by atomic mass is 10.0. The monoisotopic (exact) mass is 297 g/mol. The zero-order chi connectivity index (χ0) is 15.3. The number of likely N-dealkylation sites (N-methyl/N-ethyl adjacent to an activating group) is 1. The van der Waals surface area contributed by atoms with Crippen molar-refractivity contribution in [2.75, 3.05) is 13.1 Å². The molecule has 0 aliphatic carbocycles. The molecule has 1 N–H and O–H groups in total. The van der Waals surface area contributed by atoms with Gasteiger partial charge < -0.3 is 5.32 Å². The number of hydrogen-bond acceptors (Lipinski definition) is 2. The summed E-state index contributed by atoms with van der Waals surface area (Å²) in [5, 5.41) is 6.83. The molecule has 1 heterocycles. The minimum atomic E-state index is -4.39. The Labute approximate surface area is 121 Å². The smallest absolute Gasteiger partial charge is 0.317 e. The van der Waals surface area contributed by atoms with Gasteiger partial charge in [0.1, 0.15) is 0 Å². The van der Waals surface area contributed by atoms with Crippen LogP contribution in [0.3, 0.4) is 0 Å². The number of alkyl halides is 3. The number of nitrogens with zero attached hydrogens (tertiary/aromatic N) is 2. The van der Waals surface area contributed by atoms with Gasteiger partial charge in [-0.15, -0.1) is 0 Å². The Hall–Kier alpha value is -1.82. The molecule has 3 nitrogen and oxygen atoms in total. The van der Waals surface area contributed by atoms with E-state index >= 15 is 0 Å². The largest absolute Gasteiger partial charge is 0.435 e. The first kappa shape index (κ1) is 15.6. The number of aromatic nitrogens is 2. The van der Waals surface area contributed by atoms with Gasteiger partial charge >= 0.3 is 6.18 Å². The zero-order valence-corrected chi connectivity index (χ0v) is 11.8. The lowest BCUT2D eigenvalue weighted by Crippen LogP contribution is -2.17. The third kappa shape index (κ3) is 4.32. The standard InChI is InChI=1S/C15H18F3N3/c1-2-19-9-7-12-5-3-4-6-13(12)11-21-10-8-14(20-21)15(16,17)18/h3-6,8,10,19H,2,7,9,11H2,1H3. The molecule has 0 aliphatic heterocycles. The molecule has 0 saturated heterocycles. The average Bonchev–Trinajstić information content (AvgIpc) is 2.89. The Morgan fingerprint density at radius 2 is 1.86 bits per heavy atom. The van der Waals surface area contributed by atoms with Crippen molar-refractivity contribution in [1.29, 1.82) is 0 Å². The summed E-state index contributed by atoms with van der Waals surface area (Å²) in [5.74, 6) is 0. The SMILES string of the molecule is CCNCCc1ccccc1Cn1ccc(C(F)(F)F)n1. The second-order valence-electron chi connectivity index (χ2n) is 4.77. The molecule has 114 valence electrons. The van der Waals surface area contributed by atoms with Crippen molar-refractivity contribution >= 4 is 0 Å². The fourth-order valence-corrected chi connectivity index (χ4v) is 2.13. The predicted octanol–water partition coefficient (Wildman–Crippen LogP) is 3.10. The van der Waals surface area contributed by atoms with Crippen molar-refractivity contribution in [1.82, 2.24) is 15.1 Å². The van der Waals surface area contributed by atoms with E-state index in [4.69, 9.17) is 0 Å². The van der Waals surface area contributed by atoms with E-state index in [0.717, 1.165) is 36.7 Å². The van der Waals surface area contributed by atoms with Gasteiger partial charge in [-0.3, -0.25) is 4.68 Å². The minimum Gasteiger partial charge on any atom is -0.317 e. The highest BCUT2D eigenvalue weighted by molar-refractivity contribution is 5.27. The third-order valence-corrected chi connectivity index (χ3v) is 3.20. The van der Waals surface area contributed by atoms with Gasteiger partial charge in [-0.05, 0) is 36.7 Å². The van der Waals surface area contributed by atoms with Gasteiger partial charge in [0.25, 0.3) is 0 Å². The third-order valence-electron chi connectivity index (χ3n) is 3.20. The molecule has 0 atom stereocenters. The quantitative estimate of drug-likeness (QED) is 0.830. The van der Waals surface area contributed by atoms with Gasteiger partial charge in [0, 0.05) is 6.20 Å². The lowest BCUT2D eigenvalue weighted by molar-refractivity contribution is -0.141. The van der Waals surface area contributed by atoms with E-state index < -0.39 is 11.9 Å². The van der Waals surface area contributed by atoms with Crippen molar-refractivity contribution in [2.24, 2.45) is 0 Å². The maximum Gasteiger partial charge on any atom is 0.435 e. The first-order chi connectivity index (χ1) is 10.0. The van der Waals surface area contributed by atoms with Crippen molar-refractivity contribution in [3.05, 3.63) is 53.3 Å². The van der Waals surface area contributed by atoms with Gasteiger partial charge in [0.15, 0.2) is 5.69 Å². The molecule has 6 heteroatoms. The van der Waals surface area contributed by atoms with Gasteiger partial charge in [0.05, 0.1) is 6.54 Å². The van der Waals surface area contributed by atoms with E-state index in [9.17, 15) is 13.2 Å². The molecular formula is C15H18F3N3. The molecule has 0 fully saturated rings. The molecule has 21 heavy (non-hydrogen) atoms. The highest BCUT2D eigenvalue weighted by Gasteiger charge is 2.33. The van der Waals surface area contributed by atoms with Crippen molar-refractivity contribution in [3.8, 4) is 0 Å². The van der Waals surface area contributed by atoms with E-state index in [1.807, 2.05) is 31.2 Å². The summed E-state index contributed by atoms with van der Waals surface area (Å²) in [6, 6.07) is 8.76. The van der Waals surface area contributed by atoms with Crippen LogP contribution in [0.1, 0.15) is 23.7 Å². The molecule has 0 spiro atoms. The van der Waals surface area contributed by atoms with Crippen LogP contribution in [0.25, 0.3) is 0 Å². The van der Waals surface area contributed by atoms with E-state index in [1.54, 1.807) is 0 Å². The molecule has 1 aromatic heterocycles. The summed E-state index contributed by atoms with van der Waals surface area (Å²) in [6.45, 7) is 4.13. The maximum absolute atomic E-state index is 12.5. The first-order valence-electron chi connectivity index (χ1n) is 6.89. The molecule has 0 bridgehead atoms. The zero-order valence-electron chi connectivity index (χ0n) is 11.8. The summed E-state index contributed by atoms with van der Waals surface area (Å²) in [4.78, 5) is 0. The molecule has 0 aliphatic rings. The van der Waals surface area contributed by atoms with Gasteiger partial charge in [-0.2, -0.15) is 18.3 Å². The highest BCUT2D eigenvalue weighted by atomic mass is 19.4. The van der Waals surface area contributed by atoms with Crippen LogP contribution in [-0.4, -0.2) is 22.9 Å².